The van der Waals surface area contributed by atoms with Gasteiger partial charge in [0, 0.05) is 25.6 Å². The van der Waals surface area contributed by atoms with Crippen LogP contribution < -0.4 is 9.62 Å². The van der Waals surface area contributed by atoms with Crippen LogP contribution in [0.3, 0.4) is 0 Å². The number of hydrogen-bond donors (Lipinski definition) is 1. The highest BCUT2D eigenvalue weighted by Gasteiger charge is 2.27. The predicted molar refractivity (Wildman–Crippen MR) is 152 cm³/mol. The molecule has 1 N–H and O–H groups in total. The van der Waals surface area contributed by atoms with Crippen LogP contribution >= 0.6 is 23.2 Å². The lowest BCUT2D eigenvalue weighted by molar-refractivity contribution is -0.140. The first-order valence-electron chi connectivity index (χ1n) is 12.3. The summed E-state index contributed by atoms with van der Waals surface area (Å²) in [7, 11) is -3.55. The van der Waals surface area contributed by atoms with Gasteiger partial charge in [-0.25, -0.2) is 8.42 Å². The number of rotatable bonds is 12. The molecule has 0 spiro atoms. The number of carbonyl (C=O) groups is 2. The number of nitrogens with zero attached hydrogens (tertiary/aromatic N) is 2. The van der Waals surface area contributed by atoms with Crippen molar-refractivity contribution in [3.8, 4) is 0 Å². The molecular formula is C27H37Cl2N3O4S. The van der Waals surface area contributed by atoms with Crippen molar-refractivity contribution in [3.63, 3.8) is 0 Å². The summed E-state index contributed by atoms with van der Waals surface area (Å²) in [5, 5.41) is 3.69. The molecule has 10 heteroatoms. The molecule has 7 nitrogen and oxygen atoms in total. The minimum atomic E-state index is -3.55. The topological polar surface area (TPSA) is 86.8 Å². The van der Waals surface area contributed by atoms with Crippen molar-refractivity contribution in [2.75, 3.05) is 17.1 Å². The lowest BCUT2D eigenvalue weighted by Crippen LogP contribution is -2.49. The van der Waals surface area contributed by atoms with Gasteiger partial charge in [-0.3, -0.25) is 13.9 Å². The average Bonchev–Trinajstić information content (AvgIpc) is 2.82. The van der Waals surface area contributed by atoms with Crippen LogP contribution in [0.1, 0.15) is 56.7 Å². The van der Waals surface area contributed by atoms with E-state index < -0.39 is 16.1 Å². The Bertz CT molecular complexity index is 1220. The number of carbonyl (C=O) groups excluding carboxylic acids is 2. The first-order chi connectivity index (χ1) is 17.2. The SMILES string of the molecule is CC[C@H](C)NC(=O)[C@@H](C)N(Cc1ccc(Cl)c(Cl)c1)C(=O)CCCN(c1ccc(C)c(C)c1)S(C)(=O)=O. The maximum absolute atomic E-state index is 13.4. The molecule has 37 heavy (non-hydrogen) atoms. The van der Waals surface area contributed by atoms with Gasteiger partial charge < -0.3 is 10.2 Å². The van der Waals surface area contributed by atoms with Crippen molar-refractivity contribution in [1.82, 2.24) is 10.2 Å². The van der Waals surface area contributed by atoms with Gasteiger partial charge in [0.2, 0.25) is 21.8 Å². The zero-order chi connectivity index (χ0) is 27.9. The molecule has 204 valence electrons. The first kappa shape index (κ1) is 30.9. The van der Waals surface area contributed by atoms with Crippen LogP contribution in [0.15, 0.2) is 36.4 Å². The molecule has 0 saturated heterocycles. The molecule has 0 aromatic heterocycles. The van der Waals surface area contributed by atoms with Crippen molar-refractivity contribution < 1.29 is 18.0 Å². The maximum atomic E-state index is 13.4. The Morgan fingerprint density at radius 3 is 2.24 bits per heavy atom. The number of amides is 2. The summed E-state index contributed by atoms with van der Waals surface area (Å²) >= 11 is 12.2. The molecule has 0 aliphatic rings. The molecule has 2 aromatic carbocycles. The molecule has 0 fully saturated rings. The molecule has 0 aliphatic heterocycles. The summed E-state index contributed by atoms with van der Waals surface area (Å²) in [6.45, 7) is 9.75. The van der Waals surface area contributed by atoms with Gasteiger partial charge in [0.15, 0.2) is 0 Å². The second-order valence-electron chi connectivity index (χ2n) is 9.47. The summed E-state index contributed by atoms with van der Waals surface area (Å²) < 4.78 is 26.4. The smallest absolute Gasteiger partial charge is 0.242 e. The summed E-state index contributed by atoms with van der Waals surface area (Å²) in [5.74, 6) is -0.512. The molecule has 0 saturated carbocycles. The molecular weight excluding hydrogens is 533 g/mol. The number of hydrogen-bond acceptors (Lipinski definition) is 4. The van der Waals surface area contributed by atoms with Gasteiger partial charge in [0.05, 0.1) is 22.0 Å². The van der Waals surface area contributed by atoms with Gasteiger partial charge in [-0.1, -0.05) is 42.3 Å². The fraction of sp³-hybridized carbons (Fsp3) is 0.481. The second kappa shape index (κ2) is 13.5. The van der Waals surface area contributed by atoms with Gasteiger partial charge in [-0.2, -0.15) is 0 Å². The molecule has 0 radical (unpaired) electrons. The van der Waals surface area contributed by atoms with E-state index in [1.165, 1.54) is 9.21 Å². The molecule has 2 amide bonds. The number of halogens is 2. The minimum absolute atomic E-state index is 0.0295. The molecule has 0 aliphatic carbocycles. The Labute approximate surface area is 231 Å². The van der Waals surface area contributed by atoms with Crippen LogP contribution in [-0.2, 0) is 26.2 Å². The van der Waals surface area contributed by atoms with E-state index >= 15 is 0 Å². The van der Waals surface area contributed by atoms with E-state index in [1.54, 1.807) is 31.2 Å². The minimum Gasteiger partial charge on any atom is -0.352 e. The van der Waals surface area contributed by atoms with E-state index in [-0.39, 0.29) is 43.8 Å². The summed E-state index contributed by atoms with van der Waals surface area (Å²) in [4.78, 5) is 27.8. The summed E-state index contributed by atoms with van der Waals surface area (Å²) in [6.07, 6.45) is 2.27. The van der Waals surface area contributed by atoms with Crippen molar-refractivity contribution in [3.05, 3.63) is 63.1 Å². The monoisotopic (exact) mass is 569 g/mol. The number of anilines is 1. The van der Waals surface area contributed by atoms with Crippen LogP contribution in [-0.4, -0.2) is 50.0 Å². The third-order valence-corrected chi connectivity index (χ3v) is 8.37. The Kier molecular flexibility index (Phi) is 11.3. The van der Waals surface area contributed by atoms with Gasteiger partial charge in [-0.05, 0) is 81.5 Å². The molecule has 0 heterocycles. The Balaban J connectivity index is 2.22. The van der Waals surface area contributed by atoms with Crippen LogP contribution in [0.4, 0.5) is 5.69 Å². The Hall–Kier alpha value is -2.29. The quantitative estimate of drug-likeness (QED) is 0.366. The largest absolute Gasteiger partial charge is 0.352 e. The summed E-state index contributed by atoms with van der Waals surface area (Å²) in [6, 6.07) is 9.80. The van der Waals surface area contributed by atoms with Crippen LogP contribution in [0.25, 0.3) is 0 Å². The number of aryl methyl sites for hydroxylation is 2. The highest BCUT2D eigenvalue weighted by atomic mass is 35.5. The van der Waals surface area contributed by atoms with E-state index in [4.69, 9.17) is 23.2 Å². The van der Waals surface area contributed by atoms with Crippen LogP contribution in [0.5, 0.6) is 0 Å². The van der Waals surface area contributed by atoms with Gasteiger partial charge in [0.25, 0.3) is 0 Å². The van der Waals surface area contributed by atoms with Crippen molar-refractivity contribution in [2.45, 2.75) is 72.5 Å². The fourth-order valence-corrected chi connectivity index (χ4v) is 5.05. The molecule has 0 bridgehead atoms. The highest BCUT2D eigenvalue weighted by Crippen LogP contribution is 2.25. The first-order valence-corrected chi connectivity index (χ1v) is 14.9. The predicted octanol–water partition coefficient (Wildman–Crippen LogP) is 5.49. The number of sulfonamides is 1. The standard InChI is InChI=1S/C27H37Cl2N3O4S/c1-7-20(4)30-27(34)21(5)31(17-22-11-13-24(28)25(29)16-22)26(33)9-8-14-32(37(6,35)36)23-12-10-18(2)19(3)15-23/h10-13,15-16,20-21H,7-9,14,17H2,1-6H3,(H,30,34)/t20-,21+/m0/s1. The van der Waals surface area contributed by atoms with E-state index in [9.17, 15) is 18.0 Å². The second-order valence-corrected chi connectivity index (χ2v) is 12.2. The lowest BCUT2D eigenvalue weighted by atomic mass is 10.1. The zero-order valence-corrected chi connectivity index (χ0v) is 24.7. The average molecular weight is 571 g/mol. The van der Waals surface area contributed by atoms with Crippen molar-refractivity contribution in [2.24, 2.45) is 0 Å². The Morgan fingerprint density at radius 1 is 1.00 bits per heavy atom. The summed E-state index contributed by atoms with van der Waals surface area (Å²) in [5.41, 5.74) is 3.34. The van der Waals surface area contributed by atoms with Gasteiger partial charge >= 0.3 is 0 Å². The van der Waals surface area contributed by atoms with Crippen LogP contribution in [0.2, 0.25) is 10.0 Å². The van der Waals surface area contributed by atoms with E-state index in [0.717, 1.165) is 29.4 Å². The number of nitrogens with one attached hydrogen (secondary N) is 1. The molecule has 2 rings (SSSR count). The van der Waals surface area contributed by atoms with Crippen molar-refractivity contribution in [1.29, 1.82) is 0 Å². The highest BCUT2D eigenvalue weighted by molar-refractivity contribution is 7.92. The molecule has 2 aromatic rings. The fourth-order valence-electron chi connectivity index (χ4n) is 3.77. The Morgan fingerprint density at radius 2 is 1.68 bits per heavy atom. The van der Waals surface area contributed by atoms with Gasteiger partial charge in [0.1, 0.15) is 6.04 Å². The zero-order valence-electron chi connectivity index (χ0n) is 22.3. The normalized spacial score (nSPS) is 13.1. The third kappa shape index (κ3) is 8.90. The van der Waals surface area contributed by atoms with Crippen LogP contribution in [0, 0.1) is 13.8 Å². The number of benzene rings is 2. The van der Waals surface area contributed by atoms with E-state index in [2.05, 4.69) is 5.32 Å². The third-order valence-electron chi connectivity index (χ3n) is 6.44. The van der Waals surface area contributed by atoms with E-state index in [0.29, 0.717) is 15.7 Å². The van der Waals surface area contributed by atoms with Gasteiger partial charge in [-0.15, -0.1) is 0 Å². The van der Waals surface area contributed by atoms with E-state index in [1.807, 2.05) is 39.8 Å². The maximum Gasteiger partial charge on any atom is 0.242 e. The lowest BCUT2D eigenvalue weighted by Gasteiger charge is -2.30. The van der Waals surface area contributed by atoms with Crippen molar-refractivity contribution >= 4 is 50.7 Å². The molecule has 0 unspecified atom stereocenters. The molecule has 2 atom stereocenters.